The molecule has 20 heavy (non-hydrogen) atoms. The van der Waals surface area contributed by atoms with E-state index in [9.17, 15) is 4.79 Å². The second-order valence-electron chi connectivity index (χ2n) is 3.71. The zero-order chi connectivity index (χ0) is 14.5. The van der Waals surface area contributed by atoms with Gasteiger partial charge >= 0.3 is 5.97 Å². The van der Waals surface area contributed by atoms with Gasteiger partial charge in [-0.3, -0.25) is 0 Å². The van der Waals surface area contributed by atoms with Crippen LogP contribution in [0.25, 0.3) is 0 Å². The average molecular weight is 291 g/mol. The number of esters is 1. The molecule has 0 unspecified atom stereocenters. The van der Waals surface area contributed by atoms with Crippen molar-refractivity contribution < 1.29 is 9.53 Å². The van der Waals surface area contributed by atoms with Crippen LogP contribution in [0, 0.1) is 0 Å². The average Bonchev–Trinajstić information content (AvgIpc) is 2.38. The van der Waals surface area contributed by atoms with Gasteiger partial charge in [0.1, 0.15) is 16.7 Å². The van der Waals surface area contributed by atoms with E-state index in [2.05, 4.69) is 15.0 Å². The number of carbonyl (C=O) groups excluding carboxylic acids is 1. The summed E-state index contributed by atoms with van der Waals surface area (Å²) in [7, 11) is 0. The summed E-state index contributed by atoms with van der Waals surface area (Å²) in [5, 5.41) is 1.03. The molecule has 2 aromatic rings. The number of nitrogens with two attached hydrogens (primary N) is 2. The van der Waals surface area contributed by atoms with Gasteiger partial charge in [-0.25, -0.2) is 19.7 Å². The molecular formula is C12H13N5O2S. The van der Waals surface area contributed by atoms with Crippen molar-refractivity contribution in [2.45, 2.75) is 17.1 Å². The molecule has 0 saturated carbocycles. The Hall–Kier alpha value is -2.35. The summed E-state index contributed by atoms with van der Waals surface area (Å²) in [6.07, 6.45) is 1.44. The summed E-state index contributed by atoms with van der Waals surface area (Å²) in [5.74, 6) is 0.187. The predicted molar refractivity (Wildman–Crippen MR) is 75.2 cm³/mol. The normalized spacial score (nSPS) is 10.2. The lowest BCUT2D eigenvalue weighted by Crippen LogP contribution is -2.05. The van der Waals surface area contributed by atoms with Crippen LogP contribution in [0.3, 0.4) is 0 Å². The predicted octanol–water partition coefficient (Wildman–Crippen LogP) is 1.36. The van der Waals surface area contributed by atoms with Gasteiger partial charge in [-0.05, 0) is 30.8 Å². The highest BCUT2D eigenvalue weighted by molar-refractivity contribution is 7.99. The molecule has 0 spiro atoms. The number of aromatic nitrogens is 3. The molecule has 0 aliphatic rings. The van der Waals surface area contributed by atoms with E-state index in [1.54, 1.807) is 19.1 Å². The van der Waals surface area contributed by atoms with Crippen LogP contribution >= 0.6 is 11.8 Å². The van der Waals surface area contributed by atoms with E-state index in [1.807, 2.05) is 0 Å². The van der Waals surface area contributed by atoms with E-state index >= 15 is 0 Å². The number of nitrogen functional groups attached to an aromatic ring is 2. The largest absolute Gasteiger partial charge is 0.462 e. The van der Waals surface area contributed by atoms with Gasteiger partial charge in [-0.1, -0.05) is 0 Å². The first-order valence-corrected chi connectivity index (χ1v) is 6.61. The van der Waals surface area contributed by atoms with Crippen molar-refractivity contribution >= 4 is 29.4 Å². The maximum absolute atomic E-state index is 11.5. The quantitative estimate of drug-likeness (QED) is 0.640. The minimum Gasteiger partial charge on any atom is -0.462 e. The van der Waals surface area contributed by atoms with Crippen LogP contribution in [-0.4, -0.2) is 27.5 Å². The fraction of sp³-hybridized carbons (Fsp3) is 0.167. The SMILES string of the molecule is CCOC(=O)c1ccc(Sc2nc(N)cc(N)n2)nc1. The van der Waals surface area contributed by atoms with E-state index < -0.39 is 5.97 Å². The van der Waals surface area contributed by atoms with Gasteiger partial charge in [0, 0.05) is 12.3 Å². The summed E-state index contributed by atoms with van der Waals surface area (Å²) < 4.78 is 4.87. The summed E-state index contributed by atoms with van der Waals surface area (Å²) in [6.45, 7) is 2.07. The second-order valence-corrected chi connectivity index (χ2v) is 4.70. The molecule has 0 atom stereocenters. The number of pyridine rings is 1. The Morgan fingerprint density at radius 1 is 1.30 bits per heavy atom. The number of ether oxygens (including phenoxy) is 1. The van der Waals surface area contributed by atoms with Crippen molar-refractivity contribution in [2.24, 2.45) is 0 Å². The fourth-order valence-corrected chi connectivity index (χ4v) is 2.11. The molecule has 0 radical (unpaired) electrons. The topological polar surface area (TPSA) is 117 Å². The van der Waals surface area contributed by atoms with Crippen LogP contribution in [0.5, 0.6) is 0 Å². The zero-order valence-corrected chi connectivity index (χ0v) is 11.6. The number of nitrogens with zero attached hydrogens (tertiary/aromatic N) is 3. The standard InChI is InChI=1S/C12H13N5O2S/c1-2-19-11(18)7-3-4-10(15-6-7)20-12-16-8(13)5-9(14)17-12/h3-6H,2H2,1H3,(H4,13,14,16,17). The van der Waals surface area contributed by atoms with Gasteiger partial charge in [0.15, 0.2) is 5.16 Å². The smallest absolute Gasteiger partial charge is 0.339 e. The third-order valence-electron chi connectivity index (χ3n) is 2.19. The highest BCUT2D eigenvalue weighted by Gasteiger charge is 2.08. The maximum atomic E-state index is 11.5. The number of carbonyl (C=O) groups is 1. The van der Waals surface area contributed by atoms with E-state index in [0.29, 0.717) is 34.0 Å². The van der Waals surface area contributed by atoms with Crippen LogP contribution in [0.1, 0.15) is 17.3 Å². The van der Waals surface area contributed by atoms with Crippen LogP contribution in [0.2, 0.25) is 0 Å². The summed E-state index contributed by atoms with van der Waals surface area (Å²) >= 11 is 1.20. The zero-order valence-electron chi connectivity index (χ0n) is 10.7. The summed E-state index contributed by atoms with van der Waals surface area (Å²) in [5.41, 5.74) is 11.6. The van der Waals surface area contributed by atoms with Gasteiger partial charge in [0.25, 0.3) is 0 Å². The third kappa shape index (κ3) is 3.58. The Morgan fingerprint density at radius 2 is 2.00 bits per heavy atom. The molecule has 0 bridgehead atoms. The van der Waals surface area contributed by atoms with E-state index in [-0.39, 0.29) is 0 Å². The molecule has 0 aliphatic carbocycles. The second kappa shape index (κ2) is 6.20. The molecule has 4 N–H and O–H groups in total. The van der Waals surface area contributed by atoms with Gasteiger partial charge < -0.3 is 16.2 Å². The maximum Gasteiger partial charge on any atom is 0.339 e. The minimum atomic E-state index is -0.402. The van der Waals surface area contributed by atoms with Crippen molar-refractivity contribution in [3.8, 4) is 0 Å². The molecule has 0 aromatic carbocycles. The molecule has 0 amide bonds. The molecular weight excluding hydrogens is 278 g/mol. The van der Waals surface area contributed by atoms with Crippen LogP contribution in [0.4, 0.5) is 11.6 Å². The highest BCUT2D eigenvalue weighted by atomic mass is 32.2. The lowest BCUT2D eigenvalue weighted by molar-refractivity contribution is 0.0525. The van der Waals surface area contributed by atoms with Crippen LogP contribution < -0.4 is 11.5 Å². The molecule has 7 nitrogen and oxygen atoms in total. The highest BCUT2D eigenvalue weighted by Crippen LogP contribution is 2.24. The first-order valence-electron chi connectivity index (χ1n) is 5.79. The fourth-order valence-electron chi connectivity index (χ4n) is 1.38. The van der Waals surface area contributed by atoms with Crippen molar-refractivity contribution in [3.63, 3.8) is 0 Å². The van der Waals surface area contributed by atoms with E-state index in [4.69, 9.17) is 16.2 Å². The first-order chi connectivity index (χ1) is 9.58. The summed E-state index contributed by atoms with van der Waals surface area (Å²) in [4.78, 5) is 23.7. The van der Waals surface area contributed by atoms with Crippen LogP contribution in [0.15, 0.2) is 34.6 Å². The van der Waals surface area contributed by atoms with E-state index in [1.165, 1.54) is 24.0 Å². The lowest BCUT2D eigenvalue weighted by atomic mass is 10.3. The number of hydrogen-bond donors (Lipinski definition) is 2. The van der Waals surface area contributed by atoms with Gasteiger partial charge in [-0.2, -0.15) is 0 Å². The molecule has 8 heteroatoms. The van der Waals surface area contributed by atoms with Crippen molar-refractivity contribution in [2.75, 3.05) is 18.1 Å². The molecule has 0 saturated heterocycles. The molecule has 104 valence electrons. The van der Waals surface area contributed by atoms with Gasteiger partial charge in [0.05, 0.1) is 12.2 Å². The molecule has 2 heterocycles. The Labute approximate surface area is 119 Å². The Balaban J connectivity index is 2.12. The van der Waals surface area contributed by atoms with Gasteiger partial charge in [0.2, 0.25) is 0 Å². The first kappa shape index (κ1) is 14.1. The molecule has 2 rings (SSSR count). The Morgan fingerprint density at radius 3 is 2.55 bits per heavy atom. The number of hydrogen-bond acceptors (Lipinski definition) is 8. The Kier molecular flexibility index (Phi) is 4.36. The van der Waals surface area contributed by atoms with Gasteiger partial charge in [-0.15, -0.1) is 0 Å². The number of anilines is 2. The van der Waals surface area contributed by atoms with Crippen molar-refractivity contribution in [1.82, 2.24) is 15.0 Å². The minimum absolute atomic E-state index is 0.295. The summed E-state index contributed by atoms with van der Waals surface area (Å²) in [6, 6.07) is 4.78. The molecule has 0 aliphatic heterocycles. The lowest BCUT2D eigenvalue weighted by Gasteiger charge is -2.03. The van der Waals surface area contributed by atoms with Crippen molar-refractivity contribution in [3.05, 3.63) is 30.0 Å². The Bertz CT molecular complexity index is 597. The monoisotopic (exact) mass is 291 g/mol. The molecule has 2 aromatic heterocycles. The third-order valence-corrected chi connectivity index (χ3v) is 3.00. The van der Waals surface area contributed by atoms with E-state index in [0.717, 1.165) is 0 Å². The molecule has 0 fully saturated rings. The van der Waals surface area contributed by atoms with Crippen LogP contribution in [-0.2, 0) is 4.74 Å². The number of rotatable bonds is 4. The van der Waals surface area contributed by atoms with Crippen molar-refractivity contribution in [1.29, 1.82) is 0 Å².